The van der Waals surface area contributed by atoms with Gasteiger partial charge in [0.15, 0.2) is 7.12 Å². The number of carbonyl (C=O) groups excluding carboxylic acids is 3. The lowest BCUT2D eigenvalue weighted by atomic mass is 10.4. The average Bonchev–Trinajstić information content (AvgIpc) is 2.69. The molecule has 2 amide bonds. The molecule has 10 heteroatoms. The first-order valence-electron chi connectivity index (χ1n) is 5.53. The van der Waals surface area contributed by atoms with E-state index in [1.165, 1.54) is 0 Å². The molecule has 0 unspecified atom stereocenters. The number of rotatable bonds is 9. The maximum atomic E-state index is 11.3. The molecule has 1 saturated heterocycles. The van der Waals surface area contributed by atoms with Crippen LogP contribution in [-0.4, -0.2) is 55.7 Å². The minimum Gasteiger partial charge on any atom is -0.368 e. The fraction of sp³-hybridized carbons (Fsp3) is 0.667. The van der Waals surface area contributed by atoms with E-state index >= 15 is 0 Å². The fourth-order valence-electron chi connectivity index (χ4n) is 1.20. The average molecular weight is 307 g/mol. The summed E-state index contributed by atoms with van der Waals surface area (Å²) in [5.41, 5.74) is 0. The molecule has 19 heavy (non-hydrogen) atoms. The summed E-state index contributed by atoms with van der Waals surface area (Å²) in [5.74, 6) is -1.24. The van der Waals surface area contributed by atoms with E-state index < -0.39 is 17.8 Å². The van der Waals surface area contributed by atoms with Gasteiger partial charge in [-0.2, -0.15) is 10.6 Å². The maximum Gasteiger partial charge on any atom is 0.358 e. The summed E-state index contributed by atoms with van der Waals surface area (Å²) in [6.45, 7) is 0.282. The summed E-state index contributed by atoms with van der Waals surface area (Å²) in [5, 5.41) is 0.497. The number of ether oxygens (including phenoxy) is 2. The van der Waals surface area contributed by atoms with Crippen LogP contribution in [0.4, 0.5) is 0 Å². The van der Waals surface area contributed by atoms with E-state index in [1.807, 2.05) is 7.12 Å². The lowest BCUT2D eigenvalue weighted by Crippen LogP contribution is -2.33. The second-order valence-corrected chi connectivity index (χ2v) is 5.92. The molecular weight excluding hydrogens is 293 g/mol. The van der Waals surface area contributed by atoms with Crippen molar-refractivity contribution in [2.24, 2.45) is 0 Å². The first-order chi connectivity index (χ1) is 9.15. The monoisotopic (exact) mass is 307 g/mol. The summed E-state index contributed by atoms with van der Waals surface area (Å²) in [7, 11) is 5.10. The van der Waals surface area contributed by atoms with Crippen molar-refractivity contribution in [1.82, 2.24) is 5.06 Å². The third-order valence-corrected chi connectivity index (χ3v) is 3.53. The highest BCUT2D eigenvalue weighted by molar-refractivity contribution is 8.84. The molecule has 0 saturated carbocycles. The molecule has 1 aliphatic rings. The van der Waals surface area contributed by atoms with Gasteiger partial charge < -0.3 is 14.3 Å². The second-order valence-electron chi connectivity index (χ2n) is 3.41. The van der Waals surface area contributed by atoms with Gasteiger partial charge in [0.2, 0.25) is 0 Å². The lowest BCUT2D eigenvalue weighted by molar-refractivity contribution is -0.200. The smallest absolute Gasteiger partial charge is 0.358 e. The van der Waals surface area contributed by atoms with Crippen molar-refractivity contribution in [3.8, 4) is 0 Å². The van der Waals surface area contributed by atoms with Gasteiger partial charge >= 0.3 is 5.97 Å². The van der Waals surface area contributed by atoms with Crippen LogP contribution in [0.3, 0.4) is 0 Å². The van der Waals surface area contributed by atoms with Crippen LogP contribution in [0.5, 0.6) is 0 Å². The first kappa shape index (κ1) is 16.3. The number of nitrogens with zero attached hydrogens (tertiary/aromatic N) is 1. The molecule has 7 nitrogen and oxygen atoms in total. The zero-order chi connectivity index (χ0) is 14.1. The van der Waals surface area contributed by atoms with E-state index in [9.17, 15) is 14.4 Å². The molecule has 1 rings (SSSR count). The Hall–Kier alpha value is -0.705. The Bertz CT molecular complexity index is 327. The van der Waals surface area contributed by atoms with Gasteiger partial charge in [-0.1, -0.05) is 10.8 Å². The Labute approximate surface area is 119 Å². The van der Waals surface area contributed by atoms with Gasteiger partial charge in [-0.25, -0.2) is 4.79 Å². The van der Waals surface area contributed by atoms with Crippen molar-refractivity contribution in [3.05, 3.63) is 0 Å². The summed E-state index contributed by atoms with van der Waals surface area (Å²) < 4.78 is 10.2. The van der Waals surface area contributed by atoms with E-state index in [0.29, 0.717) is 17.6 Å². The minimum absolute atomic E-state index is 0.0773. The van der Waals surface area contributed by atoms with Gasteiger partial charge in [-0.3, -0.25) is 9.59 Å². The van der Waals surface area contributed by atoms with Gasteiger partial charge in [0.25, 0.3) is 11.8 Å². The molecule has 0 N–H and O–H groups in total. The molecule has 0 aliphatic carbocycles. The van der Waals surface area contributed by atoms with Gasteiger partial charge in [-0.05, 0) is 0 Å². The van der Waals surface area contributed by atoms with Gasteiger partial charge in [0.05, 0.1) is 13.2 Å². The largest absolute Gasteiger partial charge is 0.368 e. The molecule has 0 spiro atoms. The summed E-state index contributed by atoms with van der Waals surface area (Å²) in [4.78, 5) is 38.2. The van der Waals surface area contributed by atoms with Crippen LogP contribution in [0.1, 0.15) is 12.8 Å². The van der Waals surface area contributed by atoms with Crippen LogP contribution in [0, 0.1) is 0 Å². The van der Waals surface area contributed by atoms with E-state index in [4.69, 9.17) is 9.47 Å². The number of imide groups is 1. The zero-order valence-corrected chi connectivity index (χ0v) is 12.1. The van der Waals surface area contributed by atoms with E-state index in [1.54, 1.807) is 21.4 Å². The molecule has 0 aromatic carbocycles. The Morgan fingerprint density at radius 2 is 1.84 bits per heavy atom. The second kappa shape index (κ2) is 9.24. The van der Waals surface area contributed by atoms with Crippen LogP contribution >= 0.6 is 21.4 Å². The molecule has 0 bridgehead atoms. The van der Waals surface area contributed by atoms with Crippen molar-refractivity contribution in [3.63, 3.8) is 0 Å². The molecule has 1 fully saturated rings. The fourth-order valence-corrected chi connectivity index (χ4v) is 1.98. The highest BCUT2D eigenvalue weighted by atomic mass is 33.1. The molecule has 106 valence electrons. The van der Waals surface area contributed by atoms with Crippen LogP contribution in [0.2, 0.25) is 0 Å². The predicted octanol–water partition coefficient (Wildman–Crippen LogP) is -0.486. The predicted molar refractivity (Wildman–Crippen MR) is 72.5 cm³/mol. The first-order valence-corrected chi connectivity index (χ1v) is 8.25. The molecule has 0 atom stereocenters. The Morgan fingerprint density at radius 1 is 1.21 bits per heavy atom. The number of amides is 2. The summed E-state index contributed by atoms with van der Waals surface area (Å²) >= 11 is 0. The molecule has 0 aromatic rings. The van der Waals surface area contributed by atoms with Crippen LogP contribution in [-0.2, 0) is 28.7 Å². The zero-order valence-electron chi connectivity index (χ0n) is 10.5. The summed E-state index contributed by atoms with van der Waals surface area (Å²) in [6, 6.07) is 0. The Kier molecular flexibility index (Phi) is 7.95. The van der Waals surface area contributed by atoms with Crippen molar-refractivity contribution in [1.29, 1.82) is 0 Å². The Morgan fingerprint density at radius 3 is 2.47 bits per heavy atom. The third kappa shape index (κ3) is 6.32. The molecular formula is C9H14BNO6S2. The maximum absolute atomic E-state index is 11.3. The normalized spacial score (nSPS) is 15.1. The summed E-state index contributed by atoms with van der Waals surface area (Å²) in [6.07, 6.45) is 0.155. The highest BCUT2D eigenvalue weighted by Crippen LogP contribution is 2.14. The van der Waals surface area contributed by atoms with E-state index in [0.717, 1.165) is 0 Å². The number of hydrogen-bond donors (Lipinski definition) is 0. The molecule has 1 heterocycles. The van der Waals surface area contributed by atoms with E-state index in [2.05, 4.69) is 4.84 Å². The molecule has 0 aromatic heterocycles. The standard InChI is InChI=1S/C9H14BNO6S2/c10-19-18-6-16-4-3-15-5-9(14)17-11-7(12)1-2-8(11)13/h1-6,10H2. The SMILES string of the molecule is BSSCOCCOCC(=O)ON1C(=O)CCC1=O. The quantitative estimate of drug-likeness (QED) is 0.186. The molecule has 0 radical (unpaired) electrons. The molecule has 1 aliphatic heterocycles. The van der Waals surface area contributed by atoms with Crippen molar-refractivity contribution >= 4 is 46.3 Å². The van der Waals surface area contributed by atoms with Crippen LogP contribution in [0.15, 0.2) is 0 Å². The van der Waals surface area contributed by atoms with Crippen LogP contribution < -0.4 is 0 Å². The van der Waals surface area contributed by atoms with Crippen molar-refractivity contribution in [2.75, 3.05) is 25.8 Å². The van der Waals surface area contributed by atoms with Gasteiger partial charge in [0.1, 0.15) is 12.5 Å². The topological polar surface area (TPSA) is 82.1 Å². The van der Waals surface area contributed by atoms with Gasteiger partial charge in [-0.15, -0.1) is 5.06 Å². The van der Waals surface area contributed by atoms with Gasteiger partial charge in [0, 0.05) is 12.8 Å². The van der Waals surface area contributed by atoms with E-state index in [-0.39, 0.29) is 26.1 Å². The van der Waals surface area contributed by atoms with Crippen molar-refractivity contribution < 1.29 is 28.7 Å². The highest BCUT2D eigenvalue weighted by Gasteiger charge is 2.32. The van der Waals surface area contributed by atoms with Crippen LogP contribution in [0.25, 0.3) is 0 Å². The number of carbonyl (C=O) groups is 3. The third-order valence-electron chi connectivity index (χ3n) is 2.04. The number of hydroxylamine groups is 2. The van der Waals surface area contributed by atoms with Crippen molar-refractivity contribution in [2.45, 2.75) is 12.8 Å². The Balaban J connectivity index is 2.05. The lowest BCUT2D eigenvalue weighted by Gasteiger charge is -2.12. The minimum atomic E-state index is -0.776. The number of hydrogen-bond acceptors (Lipinski definition) is 8.